The van der Waals surface area contributed by atoms with Crippen LogP contribution in [-0.4, -0.2) is 88.2 Å². The molecule has 4 unspecified atom stereocenters. The fraction of sp³-hybridized carbons (Fsp3) is 0.575. The molecule has 16 heteroatoms. The van der Waals surface area contributed by atoms with Gasteiger partial charge in [0.25, 0.3) is 11.9 Å². The molecule has 2 aromatic heterocycles. The Morgan fingerprint density at radius 2 is 1.77 bits per heavy atom. The summed E-state index contributed by atoms with van der Waals surface area (Å²) in [7, 11) is 1.56. The van der Waals surface area contributed by atoms with E-state index in [2.05, 4.69) is 25.9 Å². The highest BCUT2D eigenvalue weighted by molar-refractivity contribution is 6.37. The number of oxazole rings is 1. The van der Waals surface area contributed by atoms with Gasteiger partial charge in [0, 0.05) is 24.8 Å². The van der Waals surface area contributed by atoms with Gasteiger partial charge in [-0.05, 0) is 54.7 Å². The summed E-state index contributed by atoms with van der Waals surface area (Å²) >= 11 is 6.03. The number of ether oxygens (including phenoxy) is 2. The Morgan fingerprint density at radius 1 is 1.02 bits per heavy atom. The van der Waals surface area contributed by atoms with Gasteiger partial charge in [-0.25, -0.2) is 4.98 Å². The number of ketones is 1. The van der Waals surface area contributed by atoms with Crippen molar-refractivity contribution in [3.05, 3.63) is 41.6 Å². The van der Waals surface area contributed by atoms with Gasteiger partial charge >= 0.3 is 0 Å². The van der Waals surface area contributed by atoms with E-state index in [4.69, 9.17) is 31.2 Å². The number of halogens is 1. The van der Waals surface area contributed by atoms with Crippen LogP contribution in [0.5, 0.6) is 11.6 Å². The quantitative estimate of drug-likeness (QED) is 0.157. The fourth-order valence-electron chi connectivity index (χ4n) is 7.85. The van der Waals surface area contributed by atoms with Crippen LogP contribution >= 0.6 is 11.6 Å². The number of aromatic nitrogens is 2. The van der Waals surface area contributed by atoms with E-state index in [1.807, 2.05) is 20.8 Å². The van der Waals surface area contributed by atoms with Crippen molar-refractivity contribution in [2.45, 2.75) is 115 Å². The molecule has 302 valence electrons. The minimum atomic E-state index is -1.14. The maximum absolute atomic E-state index is 14.8. The molecule has 5 atom stereocenters. The summed E-state index contributed by atoms with van der Waals surface area (Å²) in [5.41, 5.74) is 5.66. The van der Waals surface area contributed by atoms with Crippen molar-refractivity contribution in [2.75, 3.05) is 19.0 Å². The zero-order valence-corrected chi connectivity index (χ0v) is 33.1. The summed E-state index contributed by atoms with van der Waals surface area (Å²) in [5, 5.41) is 9.46. The van der Waals surface area contributed by atoms with Crippen LogP contribution in [-0.2, 0) is 24.0 Å². The molecule has 4 amide bonds. The van der Waals surface area contributed by atoms with Crippen LogP contribution in [0.3, 0.4) is 0 Å². The summed E-state index contributed by atoms with van der Waals surface area (Å²) in [6.45, 7) is 5.50. The number of carbonyl (C=O) groups is 5. The highest BCUT2D eigenvalue weighted by atomic mass is 35.5. The number of hydrogen-bond acceptors (Lipinski definition) is 11. The second kappa shape index (κ2) is 17.5. The van der Waals surface area contributed by atoms with Gasteiger partial charge in [-0.3, -0.25) is 24.0 Å². The van der Waals surface area contributed by atoms with E-state index in [9.17, 15) is 24.0 Å². The summed E-state index contributed by atoms with van der Waals surface area (Å²) in [4.78, 5) is 78.5. The third-order valence-electron chi connectivity index (χ3n) is 11.2. The minimum absolute atomic E-state index is 0.0165. The highest BCUT2D eigenvalue weighted by Gasteiger charge is 2.47. The molecule has 1 saturated heterocycles. The first-order valence-corrected chi connectivity index (χ1v) is 19.8. The number of primary amides is 1. The van der Waals surface area contributed by atoms with Crippen LogP contribution < -0.4 is 31.2 Å². The Morgan fingerprint density at radius 3 is 2.39 bits per heavy atom. The number of amides is 4. The molecule has 3 aliphatic rings. The van der Waals surface area contributed by atoms with Gasteiger partial charge in [-0.15, -0.1) is 0 Å². The van der Waals surface area contributed by atoms with Crippen LogP contribution in [0.25, 0.3) is 11.1 Å². The van der Waals surface area contributed by atoms with Crippen molar-refractivity contribution in [3.63, 3.8) is 0 Å². The van der Waals surface area contributed by atoms with Crippen molar-refractivity contribution in [1.29, 1.82) is 0 Å². The number of nitrogens with zero attached hydrogens (tertiary/aromatic N) is 3. The van der Waals surface area contributed by atoms with Gasteiger partial charge in [0.2, 0.25) is 29.4 Å². The van der Waals surface area contributed by atoms with E-state index >= 15 is 0 Å². The van der Waals surface area contributed by atoms with Crippen molar-refractivity contribution < 1.29 is 37.9 Å². The molecular weight excluding hydrogens is 742 g/mol. The van der Waals surface area contributed by atoms with E-state index in [0.29, 0.717) is 21.9 Å². The smallest absolute Gasteiger partial charge is 0.296 e. The van der Waals surface area contributed by atoms with Crippen molar-refractivity contribution in [1.82, 2.24) is 25.5 Å². The number of anilines is 1. The lowest BCUT2D eigenvalue weighted by Gasteiger charge is -2.37. The molecule has 3 heterocycles. The van der Waals surface area contributed by atoms with Gasteiger partial charge in [0.1, 0.15) is 35.5 Å². The van der Waals surface area contributed by atoms with Crippen LogP contribution in [0.4, 0.5) is 6.01 Å². The lowest BCUT2D eigenvalue weighted by atomic mass is 9.80. The monoisotopic (exact) mass is 793 g/mol. The molecule has 0 spiro atoms. The Labute approximate surface area is 331 Å². The fourth-order valence-corrected chi connectivity index (χ4v) is 7.96. The Balaban J connectivity index is 1.26. The molecule has 1 aliphatic heterocycles. The van der Waals surface area contributed by atoms with E-state index in [-0.39, 0.29) is 43.1 Å². The molecule has 56 heavy (non-hydrogen) atoms. The first-order valence-electron chi connectivity index (χ1n) is 19.4. The van der Waals surface area contributed by atoms with Gasteiger partial charge in [0.05, 0.1) is 24.7 Å². The highest BCUT2D eigenvalue weighted by Crippen LogP contribution is 2.34. The Hall–Kier alpha value is -4.92. The van der Waals surface area contributed by atoms with Gasteiger partial charge in [-0.2, -0.15) is 4.98 Å². The number of methoxy groups -OCH3 is 1. The molecule has 0 bridgehead atoms. The number of nitrogens with one attached hydrogen (secondary N) is 3. The van der Waals surface area contributed by atoms with Crippen LogP contribution in [0.1, 0.15) is 85.0 Å². The molecule has 3 fully saturated rings. The number of carbonyl (C=O) groups excluding carboxylic acids is 5. The number of benzene rings is 1. The number of pyridine rings is 1. The molecular formula is C40H52ClN7O8. The third kappa shape index (κ3) is 9.71. The molecule has 6 rings (SSSR count). The number of Topliss-reactive ketones (excluding diaryl/α,β-unsaturated/α-hetero) is 1. The second-order valence-electron chi connectivity index (χ2n) is 16.3. The third-order valence-corrected chi connectivity index (χ3v) is 11.4. The first-order chi connectivity index (χ1) is 26.7. The predicted octanol–water partition coefficient (Wildman–Crippen LogP) is 4.55. The van der Waals surface area contributed by atoms with Crippen molar-refractivity contribution >= 4 is 58.1 Å². The summed E-state index contributed by atoms with van der Waals surface area (Å²) < 4.78 is 17.5. The molecule has 15 nitrogen and oxygen atoms in total. The lowest BCUT2D eigenvalue weighted by Crippen LogP contribution is -2.61. The average molecular weight is 794 g/mol. The number of hydrogen-bond donors (Lipinski definition) is 4. The normalized spacial score (nSPS) is 20.7. The number of nitrogens with two attached hydrogens (primary N) is 1. The van der Waals surface area contributed by atoms with Crippen LogP contribution in [0.15, 0.2) is 40.9 Å². The van der Waals surface area contributed by atoms with Crippen molar-refractivity contribution in [2.24, 2.45) is 23.0 Å². The predicted molar refractivity (Wildman–Crippen MR) is 208 cm³/mol. The SMILES string of the molecule is COc1ccc2oc(NC(C(=O)N[C@@H](C(=O)N3CC(Oc4ccc(Cl)cn4)CC3C(=O)NC(CC3CCC3)C(=O)C(N)=O)C(C)(C)C)C3CCCCC3)nc2c1. The maximum atomic E-state index is 14.8. The standard InChI is InChI=1S/C40H52ClN7O8/c1-40(2,3)34(47-37(52)32(23-11-6-5-7-12-23)46-39-45-27-18-25(54-4)14-15-30(27)56-39)38(53)48-21-26(55-31-16-13-24(41)20-43-31)19-29(48)36(51)44-28(33(49)35(42)50)17-22-9-8-10-22/h13-16,18,20,22-23,26,28-29,32,34H,5-12,17,19,21H2,1-4H3,(H2,42,50)(H,44,51)(H,45,46)(H,47,52)/t26?,28?,29?,32?,34-/m0/s1. The lowest BCUT2D eigenvalue weighted by molar-refractivity contribution is -0.145. The minimum Gasteiger partial charge on any atom is -0.497 e. The van der Waals surface area contributed by atoms with E-state index in [1.165, 1.54) is 11.1 Å². The maximum Gasteiger partial charge on any atom is 0.296 e. The van der Waals surface area contributed by atoms with Crippen LogP contribution in [0.2, 0.25) is 5.02 Å². The van der Waals surface area contributed by atoms with Crippen molar-refractivity contribution in [3.8, 4) is 11.6 Å². The summed E-state index contributed by atoms with van der Waals surface area (Å²) in [6.07, 6.45) is 8.41. The molecule has 1 aromatic carbocycles. The molecule has 2 saturated carbocycles. The van der Waals surface area contributed by atoms with Crippen LogP contribution in [0, 0.1) is 17.3 Å². The van der Waals surface area contributed by atoms with Gasteiger partial charge in [0.15, 0.2) is 5.58 Å². The van der Waals surface area contributed by atoms with E-state index in [0.717, 1.165) is 51.4 Å². The molecule has 5 N–H and O–H groups in total. The number of rotatable bonds is 15. The summed E-state index contributed by atoms with van der Waals surface area (Å²) in [6, 6.07) is 4.54. The number of likely N-dealkylation sites (tertiary alicyclic amines) is 1. The first kappa shape index (κ1) is 40.7. The zero-order valence-electron chi connectivity index (χ0n) is 32.3. The Kier molecular flexibility index (Phi) is 12.7. The zero-order chi connectivity index (χ0) is 40.1. The molecule has 2 aliphatic carbocycles. The second-order valence-corrected chi connectivity index (χ2v) is 16.7. The Bertz CT molecular complexity index is 1900. The van der Waals surface area contributed by atoms with E-state index in [1.54, 1.807) is 37.4 Å². The van der Waals surface area contributed by atoms with Gasteiger partial charge < -0.3 is 40.5 Å². The topological polar surface area (TPSA) is 208 Å². The molecule has 0 radical (unpaired) electrons. The largest absolute Gasteiger partial charge is 0.497 e. The molecule has 3 aromatic rings. The summed E-state index contributed by atoms with van der Waals surface area (Å²) in [5.74, 6) is -2.60. The average Bonchev–Trinajstić information content (AvgIpc) is 3.77. The van der Waals surface area contributed by atoms with Gasteiger partial charge in [-0.1, -0.05) is 70.9 Å². The van der Waals surface area contributed by atoms with E-state index < -0.39 is 65.1 Å². The number of fused-ring (bicyclic) bond motifs is 1.